The molecule has 0 aliphatic heterocycles. The lowest BCUT2D eigenvalue weighted by Gasteiger charge is -2.25. The Kier molecular flexibility index (Phi) is 4.86. The third kappa shape index (κ3) is 3.95. The van der Waals surface area contributed by atoms with E-state index in [2.05, 4.69) is 39.7 Å². The fourth-order valence-electron chi connectivity index (χ4n) is 2.32. The Morgan fingerprint density at radius 2 is 2.24 bits per heavy atom. The molecule has 2 nitrogen and oxygen atoms in total. The normalized spacial score (nSPS) is 24.9. The second-order valence-electron chi connectivity index (χ2n) is 4.81. The van der Waals surface area contributed by atoms with E-state index in [9.17, 15) is 0 Å². The summed E-state index contributed by atoms with van der Waals surface area (Å²) in [7, 11) is 0. The van der Waals surface area contributed by atoms with Crippen LogP contribution in [-0.4, -0.2) is 15.2 Å². The Hall–Kier alpha value is -0.0900. The summed E-state index contributed by atoms with van der Waals surface area (Å²) in [6.45, 7) is 4.46. The molecule has 17 heavy (non-hydrogen) atoms. The summed E-state index contributed by atoms with van der Waals surface area (Å²) in [5.74, 6) is 1.81. The molecule has 0 aromatic carbocycles. The van der Waals surface area contributed by atoms with Gasteiger partial charge < -0.3 is 0 Å². The first-order valence-electron chi connectivity index (χ1n) is 6.37. The van der Waals surface area contributed by atoms with Crippen LogP contribution in [0.2, 0.25) is 0 Å². The summed E-state index contributed by atoms with van der Waals surface area (Å²) in [5.41, 5.74) is 0. The highest BCUT2D eigenvalue weighted by Gasteiger charge is 2.20. The lowest BCUT2D eigenvalue weighted by molar-refractivity contribution is 0.394. The van der Waals surface area contributed by atoms with Gasteiger partial charge in [-0.15, -0.1) is 11.8 Å². The number of hydrogen-bond acceptors (Lipinski definition) is 3. The lowest BCUT2D eigenvalue weighted by atomic mass is 9.91. The Balaban J connectivity index is 2.04. The fourth-order valence-corrected chi connectivity index (χ4v) is 4.28. The molecule has 0 radical (unpaired) electrons. The summed E-state index contributed by atoms with van der Waals surface area (Å²) < 4.78 is 0.913. The standard InChI is InChI=1S/C13H19BrN2S/c1-3-12-15-11(14)8-13(16-12)17-10-6-4-5-9(2)7-10/h8-10H,3-7H2,1-2H3. The molecule has 1 aliphatic rings. The second kappa shape index (κ2) is 6.19. The average molecular weight is 315 g/mol. The monoisotopic (exact) mass is 314 g/mol. The van der Waals surface area contributed by atoms with Crippen molar-refractivity contribution >= 4 is 27.7 Å². The maximum absolute atomic E-state index is 4.59. The maximum atomic E-state index is 4.59. The van der Waals surface area contributed by atoms with E-state index in [1.54, 1.807) is 0 Å². The molecule has 1 aromatic rings. The van der Waals surface area contributed by atoms with Crippen LogP contribution < -0.4 is 0 Å². The predicted molar refractivity (Wildman–Crippen MR) is 76.4 cm³/mol. The van der Waals surface area contributed by atoms with E-state index in [-0.39, 0.29) is 0 Å². The topological polar surface area (TPSA) is 25.8 Å². The minimum Gasteiger partial charge on any atom is -0.227 e. The molecule has 0 spiro atoms. The van der Waals surface area contributed by atoms with Crippen molar-refractivity contribution < 1.29 is 0 Å². The van der Waals surface area contributed by atoms with Gasteiger partial charge in [0.15, 0.2) is 0 Å². The highest BCUT2D eigenvalue weighted by Crippen LogP contribution is 2.35. The smallest absolute Gasteiger partial charge is 0.130 e. The molecule has 0 bridgehead atoms. The third-order valence-electron chi connectivity index (χ3n) is 3.21. The van der Waals surface area contributed by atoms with Crippen LogP contribution in [0, 0.1) is 5.92 Å². The van der Waals surface area contributed by atoms with Crippen molar-refractivity contribution in [3.05, 3.63) is 16.5 Å². The summed E-state index contributed by atoms with van der Waals surface area (Å²) in [4.78, 5) is 8.95. The van der Waals surface area contributed by atoms with Gasteiger partial charge in [-0.3, -0.25) is 0 Å². The molecule has 1 aromatic heterocycles. The zero-order chi connectivity index (χ0) is 12.3. The quantitative estimate of drug-likeness (QED) is 0.770. The zero-order valence-corrected chi connectivity index (χ0v) is 12.9. The molecule has 0 saturated heterocycles. The SMILES string of the molecule is CCc1nc(Br)cc(SC2CCCC(C)C2)n1. The van der Waals surface area contributed by atoms with Crippen LogP contribution in [0.3, 0.4) is 0 Å². The van der Waals surface area contributed by atoms with Gasteiger partial charge in [-0.25, -0.2) is 9.97 Å². The number of halogens is 1. The molecule has 0 amide bonds. The second-order valence-corrected chi connectivity index (χ2v) is 6.94. The van der Waals surface area contributed by atoms with Gasteiger partial charge in [0.05, 0.1) is 0 Å². The van der Waals surface area contributed by atoms with E-state index < -0.39 is 0 Å². The minimum absolute atomic E-state index is 0.741. The van der Waals surface area contributed by atoms with Gasteiger partial charge in [0.1, 0.15) is 15.5 Å². The highest BCUT2D eigenvalue weighted by atomic mass is 79.9. The van der Waals surface area contributed by atoms with Crippen LogP contribution in [0.25, 0.3) is 0 Å². The van der Waals surface area contributed by atoms with Crippen LogP contribution in [0.1, 0.15) is 45.4 Å². The van der Waals surface area contributed by atoms with Gasteiger partial charge in [0.25, 0.3) is 0 Å². The Morgan fingerprint density at radius 1 is 1.41 bits per heavy atom. The van der Waals surface area contributed by atoms with E-state index in [0.717, 1.165) is 33.0 Å². The van der Waals surface area contributed by atoms with Crippen LogP contribution in [0.15, 0.2) is 15.7 Å². The van der Waals surface area contributed by atoms with Gasteiger partial charge in [-0.2, -0.15) is 0 Å². The van der Waals surface area contributed by atoms with Gasteiger partial charge >= 0.3 is 0 Å². The maximum Gasteiger partial charge on any atom is 0.130 e. The Bertz CT molecular complexity index is 384. The van der Waals surface area contributed by atoms with Gasteiger partial charge in [-0.1, -0.05) is 26.7 Å². The number of aryl methyl sites for hydroxylation is 1. The van der Waals surface area contributed by atoms with Gasteiger partial charge in [0.2, 0.25) is 0 Å². The average Bonchev–Trinajstić information content (AvgIpc) is 2.28. The number of rotatable bonds is 3. The van der Waals surface area contributed by atoms with E-state index >= 15 is 0 Å². The van der Waals surface area contributed by atoms with Crippen molar-refractivity contribution in [2.24, 2.45) is 5.92 Å². The van der Waals surface area contributed by atoms with Crippen LogP contribution in [-0.2, 0) is 6.42 Å². The Morgan fingerprint density at radius 3 is 2.94 bits per heavy atom. The van der Waals surface area contributed by atoms with Gasteiger partial charge in [0, 0.05) is 17.7 Å². The number of nitrogens with zero attached hydrogens (tertiary/aromatic N) is 2. The van der Waals surface area contributed by atoms with Crippen molar-refractivity contribution in [1.82, 2.24) is 9.97 Å². The summed E-state index contributed by atoms with van der Waals surface area (Å²) in [5, 5.41) is 1.87. The van der Waals surface area contributed by atoms with Crippen molar-refractivity contribution in [1.29, 1.82) is 0 Å². The van der Waals surface area contributed by atoms with Crippen molar-refractivity contribution in [3.8, 4) is 0 Å². The van der Waals surface area contributed by atoms with Crippen LogP contribution >= 0.6 is 27.7 Å². The molecule has 1 fully saturated rings. The number of thioether (sulfide) groups is 1. The molecular formula is C13H19BrN2S. The first kappa shape index (κ1) is 13.3. The zero-order valence-electron chi connectivity index (χ0n) is 10.4. The third-order valence-corrected chi connectivity index (χ3v) is 4.83. The molecular weight excluding hydrogens is 296 g/mol. The first-order chi connectivity index (χ1) is 8.17. The van der Waals surface area contributed by atoms with Crippen LogP contribution in [0.5, 0.6) is 0 Å². The molecule has 1 saturated carbocycles. The molecule has 94 valence electrons. The highest BCUT2D eigenvalue weighted by molar-refractivity contribution is 9.10. The van der Waals surface area contributed by atoms with E-state index in [1.807, 2.05) is 17.8 Å². The Labute approximate surface area is 116 Å². The van der Waals surface area contributed by atoms with E-state index in [4.69, 9.17) is 0 Å². The molecule has 4 heteroatoms. The molecule has 1 aliphatic carbocycles. The van der Waals surface area contributed by atoms with E-state index in [0.29, 0.717) is 0 Å². The molecule has 0 N–H and O–H groups in total. The predicted octanol–water partition coefficient (Wildman–Crippen LogP) is 4.47. The number of aromatic nitrogens is 2. The van der Waals surface area contributed by atoms with Crippen molar-refractivity contribution in [3.63, 3.8) is 0 Å². The van der Waals surface area contributed by atoms with Gasteiger partial charge in [-0.05, 0) is 34.7 Å². The molecule has 2 rings (SSSR count). The molecule has 2 unspecified atom stereocenters. The first-order valence-corrected chi connectivity index (χ1v) is 8.04. The minimum atomic E-state index is 0.741. The summed E-state index contributed by atoms with van der Waals surface area (Å²) in [6, 6.07) is 2.04. The number of hydrogen-bond donors (Lipinski definition) is 0. The fraction of sp³-hybridized carbons (Fsp3) is 0.692. The molecule has 2 atom stereocenters. The largest absolute Gasteiger partial charge is 0.227 e. The lowest BCUT2D eigenvalue weighted by Crippen LogP contribution is -2.15. The van der Waals surface area contributed by atoms with Crippen molar-refractivity contribution in [2.45, 2.75) is 56.2 Å². The van der Waals surface area contributed by atoms with E-state index in [1.165, 1.54) is 25.7 Å². The summed E-state index contributed by atoms with van der Waals surface area (Å²) >= 11 is 5.40. The summed E-state index contributed by atoms with van der Waals surface area (Å²) in [6.07, 6.45) is 6.32. The van der Waals surface area contributed by atoms with Crippen molar-refractivity contribution in [2.75, 3.05) is 0 Å². The van der Waals surface area contributed by atoms with Crippen LogP contribution in [0.4, 0.5) is 0 Å². The molecule has 1 heterocycles.